The molecule has 0 unspecified atom stereocenters. The van der Waals surface area contributed by atoms with E-state index in [4.69, 9.17) is 0 Å². The van der Waals surface area contributed by atoms with Gasteiger partial charge in [0.1, 0.15) is 5.69 Å². The van der Waals surface area contributed by atoms with E-state index >= 15 is 0 Å². The molecule has 200 valence electrons. The molecular weight excluding hydrogens is 496 g/mol. The van der Waals surface area contributed by atoms with Crippen LogP contribution in [0.1, 0.15) is 21.6 Å². The van der Waals surface area contributed by atoms with E-state index in [1.807, 2.05) is 54.6 Å². The van der Waals surface area contributed by atoms with Crippen LogP contribution in [0.2, 0.25) is 0 Å². The number of anilines is 3. The fourth-order valence-electron chi connectivity index (χ4n) is 4.67. The van der Waals surface area contributed by atoms with Gasteiger partial charge in [-0.1, -0.05) is 30.3 Å². The van der Waals surface area contributed by atoms with Crippen molar-refractivity contribution in [3.8, 4) is 0 Å². The zero-order chi connectivity index (χ0) is 27.5. The van der Waals surface area contributed by atoms with Crippen LogP contribution in [0.3, 0.4) is 0 Å². The van der Waals surface area contributed by atoms with Gasteiger partial charge in [0.2, 0.25) is 5.91 Å². The standard InChI is InChI=1S/C29H30N6O4/c1-33-12-14-35(15-13-33)18-25(36)34(2)21-10-8-20(9-11-21)31-27(19-6-4-3-5-7-19)26-22-17-30-24(29(38)39)16-23(22)32-28(26)37/h3-11,16-17,31H,12-15,18H2,1-2H3,(H,32,37)(H,38,39)/b27-26+. The number of aromatic carboxylic acids is 1. The molecule has 0 atom stereocenters. The fraction of sp³-hybridized carbons (Fsp3) is 0.241. The number of nitrogens with zero attached hydrogens (tertiary/aromatic N) is 4. The molecule has 3 N–H and O–H groups in total. The van der Waals surface area contributed by atoms with Crippen molar-refractivity contribution in [2.75, 3.05) is 62.4 Å². The lowest BCUT2D eigenvalue weighted by molar-refractivity contribution is -0.119. The first-order chi connectivity index (χ1) is 18.8. The zero-order valence-corrected chi connectivity index (χ0v) is 21.8. The van der Waals surface area contributed by atoms with Crippen LogP contribution in [0.25, 0.3) is 11.3 Å². The molecule has 39 heavy (non-hydrogen) atoms. The van der Waals surface area contributed by atoms with Crippen LogP contribution in [0.5, 0.6) is 0 Å². The molecule has 0 aliphatic carbocycles. The van der Waals surface area contributed by atoms with Crippen molar-refractivity contribution in [2.24, 2.45) is 0 Å². The average molecular weight is 527 g/mol. The minimum Gasteiger partial charge on any atom is -0.477 e. The third-order valence-corrected chi connectivity index (χ3v) is 7.03. The number of likely N-dealkylation sites (N-methyl/N-ethyl adjacent to an activating group) is 2. The minimum absolute atomic E-state index is 0.0276. The van der Waals surface area contributed by atoms with Crippen molar-refractivity contribution in [2.45, 2.75) is 0 Å². The molecule has 1 aromatic heterocycles. The molecule has 1 fully saturated rings. The van der Waals surface area contributed by atoms with Gasteiger partial charge >= 0.3 is 5.97 Å². The Bertz CT molecular complexity index is 1430. The highest BCUT2D eigenvalue weighted by Crippen LogP contribution is 2.37. The number of carbonyl (C=O) groups excluding carboxylic acids is 2. The summed E-state index contributed by atoms with van der Waals surface area (Å²) in [5.74, 6) is -1.50. The van der Waals surface area contributed by atoms with E-state index in [-0.39, 0.29) is 17.5 Å². The largest absolute Gasteiger partial charge is 0.477 e. The van der Waals surface area contributed by atoms with Gasteiger partial charge < -0.3 is 25.5 Å². The Hall–Kier alpha value is -4.54. The van der Waals surface area contributed by atoms with E-state index < -0.39 is 5.97 Å². The fourth-order valence-corrected chi connectivity index (χ4v) is 4.67. The summed E-state index contributed by atoms with van der Waals surface area (Å²) >= 11 is 0. The van der Waals surface area contributed by atoms with Gasteiger partial charge in [-0.05, 0) is 42.9 Å². The maximum absolute atomic E-state index is 13.1. The Morgan fingerprint density at radius 1 is 1.05 bits per heavy atom. The maximum Gasteiger partial charge on any atom is 0.354 e. The molecule has 2 amide bonds. The summed E-state index contributed by atoms with van der Waals surface area (Å²) in [7, 11) is 3.86. The lowest BCUT2D eigenvalue weighted by atomic mass is 10.0. The van der Waals surface area contributed by atoms with Gasteiger partial charge in [0, 0.05) is 56.4 Å². The molecular formula is C29H30N6O4. The number of pyridine rings is 1. The van der Waals surface area contributed by atoms with E-state index in [2.05, 4.69) is 32.5 Å². The lowest BCUT2D eigenvalue weighted by Gasteiger charge is -2.32. The number of benzene rings is 2. The van der Waals surface area contributed by atoms with Crippen LogP contribution in [-0.2, 0) is 9.59 Å². The number of nitrogens with one attached hydrogen (secondary N) is 2. The second-order valence-electron chi connectivity index (χ2n) is 9.69. The molecule has 10 heteroatoms. The molecule has 2 aliphatic rings. The number of carbonyl (C=O) groups is 3. The van der Waals surface area contributed by atoms with Crippen LogP contribution in [0, 0.1) is 0 Å². The number of piperazine rings is 1. The number of rotatable bonds is 7. The first-order valence-corrected chi connectivity index (χ1v) is 12.7. The molecule has 10 nitrogen and oxygen atoms in total. The first kappa shape index (κ1) is 26.1. The molecule has 2 aliphatic heterocycles. The van der Waals surface area contributed by atoms with Crippen LogP contribution >= 0.6 is 0 Å². The molecule has 3 aromatic rings. The molecule has 0 saturated carbocycles. The third-order valence-electron chi connectivity index (χ3n) is 7.03. The monoisotopic (exact) mass is 526 g/mol. The normalized spacial score (nSPS) is 16.8. The number of fused-ring (bicyclic) bond motifs is 1. The molecule has 3 heterocycles. The molecule has 0 radical (unpaired) electrons. The minimum atomic E-state index is -1.17. The summed E-state index contributed by atoms with van der Waals surface area (Å²) in [5.41, 5.74) is 3.96. The number of carboxylic acid groups (broad SMARTS) is 1. The molecule has 0 bridgehead atoms. The van der Waals surface area contributed by atoms with Gasteiger partial charge in [0.25, 0.3) is 5.91 Å². The highest BCUT2D eigenvalue weighted by atomic mass is 16.4. The molecule has 1 saturated heterocycles. The van der Waals surface area contributed by atoms with E-state index in [0.717, 1.165) is 43.1 Å². The van der Waals surface area contributed by atoms with Gasteiger partial charge in [-0.2, -0.15) is 0 Å². The van der Waals surface area contributed by atoms with Crippen LogP contribution in [0.15, 0.2) is 66.9 Å². The van der Waals surface area contributed by atoms with Crippen LogP contribution in [-0.4, -0.2) is 84.5 Å². The Morgan fingerprint density at radius 2 is 1.74 bits per heavy atom. The average Bonchev–Trinajstić information content (AvgIpc) is 3.28. The first-order valence-electron chi connectivity index (χ1n) is 12.7. The Morgan fingerprint density at radius 3 is 2.41 bits per heavy atom. The van der Waals surface area contributed by atoms with Gasteiger partial charge in [0.15, 0.2) is 0 Å². The summed E-state index contributed by atoms with van der Waals surface area (Å²) in [4.78, 5) is 47.4. The summed E-state index contributed by atoms with van der Waals surface area (Å²) in [6.07, 6.45) is 1.40. The Kier molecular flexibility index (Phi) is 7.40. The molecule has 2 aromatic carbocycles. The quantitative estimate of drug-likeness (QED) is 0.403. The Labute approximate surface area is 226 Å². The number of hydrogen-bond acceptors (Lipinski definition) is 7. The van der Waals surface area contributed by atoms with Gasteiger partial charge in [-0.3, -0.25) is 14.5 Å². The topological polar surface area (TPSA) is 118 Å². The number of carboxylic acids is 1. The van der Waals surface area contributed by atoms with Crippen LogP contribution in [0.4, 0.5) is 17.1 Å². The smallest absolute Gasteiger partial charge is 0.354 e. The van der Waals surface area contributed by atoms with Crippen LogP contribution < -0.4 is 15.5 Å². The highest BCUT2D eigenvalue weighted by Gasteiger charge is 2.30. The SMILES string of the molecule is CN1CCN(CC(=O)N(C)c2ccc(N/C(=C3/C(=O)Nc4cc(C(=O)O)ncc43)c3ccccc3)cc2)CC1. The molecule has 5 rings (SSSR count). The summed E-state index contributed by atoms with van der Waals surface area (Å²) in [6, 6.07) is 18.2. The van der Waals surface area contributed by atoms with E-state index in [0.29, 0.717) is 29.1 Å². The van der Waals surface area contributed by atoms with Crippen molar-refractivity contribution in [3.63, 3.8) is 0 Å². The van der Waals surface area contributed by atoms with Crippen molar-refractivity contribution in [1.29, 1.82) is 0 Å². The van der Waals surface area contributed by atoms with Gasteiger partial charge in [-0.15, -0.1) is 0 Å². The van der Waals surface area contributed by atoms with Gasteiger partial charge in [0.05, 0.1) is 23.5 Å². The van der Waals surface area contributed by atoms with Crippen molar-refractivity contribution >= 4 is 46.1 Å². The van der Waals surface area contributed by atoms with Crippen molar-refractivity contribution in [3.05, 3.63) is 83.7 Å². The molecule has 0 spiro atoms. The van der Waals surface area contributed by atoms with Gasteiger partial charge in [-0.25, -0.2) is 9.78 Å². The summed E-state index contributed by atoms with van der Waals surface area (Å²) in [5, 5.41) is 15.4. The van der Waals surface area contributed by atoms with E-state index in [1.165, 1.54) is 12.3 Å². The second kappa shape index (κ2) is 11.1. The maximum atomic E-state index is 13.1. The highest BCUT2D eigenvalue weighted by molar-refractivity contribution is 6.37. The number of hydrogen-bond donors (Lipinski definition) is 3. The lowest BCUT2D eigenvalue weighted by Crippen LogP contribution is -2.48. The third kappa shape index (κ3) is 5.66. The predicted molar refractivity (Wildman–Crippen MR) is 150 cm³/mol. The Balaban J connectivity index is 1.40. The number of amides is 2. The second-order valence-corrected chi connectivity index (χ2v) is 9.69. The zero-order valence-electron chi connectivity index (χ0n) is 21.8. The summed E-state index contributed by atoms with van der Waals surface area (Å²) < 4.78 is 0. The summed E-state index contributed by atoms with van der Waals surface area (Å²) in [6.45, 7) is 4.03. The predicted octanol–water partition coefficient (Wildman–Crippen LogP) is 2.92. The van der Waals surface area contributed by atoms with E-state index in [9.17, 15) is 19.5 Å². The van der Waals surface area contributed by atoms with E-state index in [1.54, 1.807) is 11.9 Å². The van der Waals surface area contributed by atoms with Crippen molar-refractivity contribution < 1.29 is 19.5 Å². The number of aromatic nitrogens is 1. The van der Waals surface area contributed by atoms with Crippen molar-refractivity contribution in [1.82, 2.24) is 14.8 Å².